The highest BCUT2D eigenvalue weighted by Crippen LogP contribution is 2.15. The molecular formula is C12H17N3O3S. The number of hydrogen-bond acceptors (Lipinski definition) is 5. The number of nitrogens with one attached hydrogen (secondary N) is 2. The van der Waals surface area contributed by atoms with Crippen LogP contribution in [0.15, 0.2) is 23.4 Å². The molecule has 7 heteroatoms. The summed E-state index contributed by atoms with van der Waals surface area (Å²) in [5, 5.41) is 5.93. The molecule has 0 aliphatic carbocycles. The van der Waals surface area contributed by atoms with Crippen LogP contribution in [0.4, 0.5) is 5.69 Å². The number of rotatable bonds is 3. The van der Waals surface area contributed by atoms with Crippen molar-refractivity contribution in [3.8, 4) is 0 Å². The number of pyridine rings is 1. The SMILES string of the molecule is CS(=O)(=O)c1ccc(NC(=O)[C@@H]2CCCNC2)cn1. The van der Waals surface area contributed by atoms with Crippen LogP contribution in [0.5, 0.6) is 0 Å². The van der Waals surface area contributed by atoms with Gasteiger partial charge in [-0.25, -0.2) is 13.4 Å². The number of anilines is 1. The second-order valence-corrected chi connectivity index (χ2v) is 6.65. The van der Waals surface area contributed by atoms with Crippen LogP contribution >= 0.6 is 0 Å². The third-order valence-electron chi connectivity index (χ3n) is 3.05. The van der Waals surface area contributed by atoms with Crippen molar-refractivity contribution < 1.29 is 13.2 Å². The first-order valence-corrected chi connectivity index (χ1v) is 8.03. The molecule has 1 saturated heterocycles. The van der Waals surface area contributed by atoms with E-state index in [1.54, 1.807) is 6.07 Å². The van der Waals surface area contributed by atoms with Crippen LogP contribution in [0.2, 0.25) is 0 Å². The van der Waals surface area contributed by atoms with Gasteiger partial charge in [0.15, 0.2) is 14.9 Å². The van der Waals surface area contributed by atoms with Crippen LogP contribution in [0.3, 0.4) is 0 Å². The molecule has 0 aromatic carbocycles. The number of sulfone groups is 1. The molecular weight excluding hydrogens is 266 g/mol. The average Bonchev–Trinajstić information content (AvgIpc) is 2.39. The lowest BCUT2D eigenvalue weighted by Gasteiger charge is -2.21. The average molecular weight is 283 g/mol. The zero-order valence-corrected chi connectivity index (χ0v) is 11.5. The highest BCUT2D eigenvalue weighted by molar-refractivity contribution is 7.90. The maximum absolute atomic E-state index is 12.0. The van der Waals surface area contributed by atoms with Crippen molar-refractivity contribution in [1.29, 1.82) is 0 Å². The topological polar surface area (TPSA) is 88.2 Å². The lowest BCUT2D eigenvalue weighted by molar-refractivity contribution is -0.120. The summed E-state index contributed by atoms with van der Waals surface area (Å²) in [7, 11) is -3.30. The third kappa shape index (κ3) is 3.74. The van der Waals surface area contributed by atoms with Gasteiger partial charge in [0, 0.05) is 12.8 Å². The molecule has 0 bridgehead atoms. The van der Waals surface area contributed by atoms with E-state index in [2.05, 4.69) is 15.6 Å². The molecule has 1 aromatic rings. The van der Waals surface area contributed by atoms with Crippen LogP contribution in [-0.4, -0.2) is 38.7 Å². The smallest absolute Gasteiger partial charge is 0.228 e. The minimum atomic E-state index is -3.30. The second-order valence-electron chi connectivity index (χ2n) is 4.69. The fourth-order valence-electron chi connectivity index (χ4n) is 1.99. The molecule has 0 unspecified atom stereocenters. The van der Waals surface area contributed by atoms with E-state index in [1.807, 2.05) is 0 Å². The Morgan fingerprint density at radius 1 is 1.47 bits per heavy atom. The quantitative estimate of drug-likeness (QED) is 0.839. The first-order chi connectivity index (χ1) is 8.97. The summed E-state index contributed by atoms with van der Waals surface area (Å²) in [5.41, 5.74) is 0.517. The summed E-state index contributed by atoms with van der Waals surface area (Å²) in [6.07, 6.45) is 4.32. The largest absolute Gasteiger partial charge is 0.324 e. The van der Waals surface area contributed by atoms with Crippen molar-refractivity contribution in [2.75, 3.05) is 24.7 Å². The normalized spacial score (nSPS) is 19.9. The number of nitrogens with zero attached hydrogens (tertiary/aromatic N) is 1. The van der Waals surface area contributed by atoms with Gasteiger partial charge in [-0.1, -0.05) is 0 Å². The Kier molecular flexibility index (Phi) is 4.16. The third-order valence-corrected chi connectivity index (χ3v) is 4.05. The van der Waals surface area contributed by atoms with Crippen molar-refractivity contribution in [3.63, 3.8) is 0 Å². The molecule has 19 heavy (non-hydrogen) atoms. The number of piperidine rings is 1. The Morgan fingerprint density at radius 2 is 2.26 bits per heavy atom. The number of carbonyl (C=O) groups is 1. The molecule has 1 aliphatic heterocycles. The molecule has 2 heterocycles. The predicted molar refractivity (Wildman–Crippen MR) is 71.6 cm³/mol. The minimum absolute atomic E-state index is 0.00447. The van der Waals surface area contributed by atoms with E-state index in [0.29, 0.717) is 12.2 Å². The summed E-state index contributed by atoms with van der Waals surface area (Å²) >= 11 is 0. The van der Waals surface area contributed by atoms with E-state index >= 15 is 0 Å². The molecule has 1 aliphatic rings. The minimum Gasteiger partial charge on any atom is -0.324 e. The van der Waals surface area contributed by atoms with Crippen molar-refractivity contribution in [3.05, 3.63) is 18.3 Å². The Morgan fingerprint density at radius 3 is 2.79 bits per heavy atom. The summed E-state index contributed by atoms with van der Waals surface area (Å²) in [5.74, 6) is -0.0931. The van der Waals surface area contributed by atoms with Gasteiger partial charge in [0.1, 0.15) is 0 Å². The fourth-order valence-corrected chi connectivity index (χ4v) is 2.55. The van der Waals surface area contributed by atoms with E-state index in [0.717, 1.165) is 25.6 Å². The molecule has 0 saturated carbocycles. The number of carbonyl (C=O) groups excluding carboxylic acids is 1. The lowest BCUT2D eigenvalue weighted by atomic mass is 9.99. The van der Waals surface area contributed by atoms with Crippen molar-refractivity contribution in [1.82, 2.24) is 10.3 Å². The van der Waals surface area contributed by atoms with E-state index in [1.165, 1.54) is 12.3 Å². The van der Waals surface area contributed by atoms with Gasteiger partial charge in [0.25, 0.3) is 0 Å². The zero-order chi connectivity index (χ0) is 13.9. The molecule has 1 fully saturated rings. The Labute approximate surface area is 112 Å². The van der Waals surface area contributed by atoms with Gasteiger partial charge in [-0.05, 0) is 31.5 Å². The molecule has 1 aromatic heterocycles. The monoisotopic (exact) mass is 283 g/mol. The number of hydrogen-bond donors (Lipinski definition) is 2. The van der Waals surface area contributed by atoms with Gasteiger partial charge in [-0.2, -0.15) is 0 Å². The van der Waals surface area contributed by atoms with Crippen molar-refractivity contribution in [2.24, 2.45) is 5.92 Å². The molecule has 0 radical (unpaired) electrons. The van der Waals surface area contributed by atoms with E-state index in [4.69, 9.17) is 0 Å². The molecule has 1 amide bonds. The highest BCUT2D eigenvalue weighted by atomic mass is 32.2. The summed E-state index contributed by atoms with van der Waals surface area (Å²) in [6, 6.07) is 2.95. The van der Waals surface area contributed by atoms with Crippen LogP contribution in [0, 0.1) is 5.92 Å². The molecule has 2 rings (SSSR count). The summed E-state index contributed by atoms with van der Waals surface area (Å²) in [4.78, 5) is 15.8. The zero-order valence-electron chi connectivity index (χ0n) is 10.7. The summed E-state index contributed by atoms with van der Waals surface area (Å²) < 4.78 is 22.5. The van der Waals surface area contributed by atoms with Gasteiger partial charge in [0.05, 0.1) is 17.8 Å². The Bertz CT molecular complexity index is 548. The van der Waals surface area contributed by atoms with Crippen LogP contribution in [0.1, 0.15) is 12.8 Å². The Balaban J connectivity index is 2.01. The first-order valence-electron chi connectivity index (χ1n) is 6.14. The number of amides is 1. The van der Waals surface area contributed by atoms with E-state index in [-0.39, 0.29) is 16.9 Å². The molecule has 2 N–H and O–H groups in total. The molecule has 104 valence electrons. The fraction of sp³-hybridized carbons (Fsp3) is 0.500. The van der Waals surface area contributed by atoms with Gasteiger partial charge in [-0.15, -0.1) is 0 Å². The van der Waals surface area contributed by atoms with Crippen LogP contribution < -0.4 is 10.6 Å². The second kappa shape index (κ2) is 5.66. The van der Waals surface area contributed by atoms with Crippen LogP contribution in [-0.2, 0) is 14.6 Å². The van der Waals surface area contributed by atoms with Gasteiger partial charge in [-0.3, -0.25) is 4.79 Å². The van der Waals surface area contributed by atoms with Gasteiger partial charge < -0.3 is 10.6 Å². The predicted octanol–water partition coefficient (Wildman–Crippen LogP) is 0.423. The van der Waals surface area contributed by atoms with E-state index < -0.39 is 9.84 Å². The lowest BCUT2D eigenvalue weighted by Crippen LogP contribution is -2.37. The number of aromatic nitrogens is 1. The van der Waals surface area contributed by atoms with Gasteiger partial charge in [0.2, 0.25) is 5.91 Å². The van der Waals surface area contributed by atoms with Crippen molar-refractivity contribution >= 4 is 21.4 Å². The maximum Gasteiger partial charge on any atom is 0.228 e. The summed E-state index contributed by atoms with van der Waals surface area (Å²) in [6.45, 7) is 1.63. The van der Waals surface area contributed by atoms with E-state index in [9.17, 15) is 13.2 Å². The Hall–Kier alpha value is -1.47. The first kappa shape index (κ1) is 14.0. The highest BCUT2D eigenvalue weighted by Gasteiger charge is 2.21. The maximum atomic E-state index is 12.0. The molecule has 6 nitrogen and oxygen atoms in total. The van der Waals surface area contributed by atoms with Gasteiger partial charge >= 0.3 is 0 Å². The molecule has 0 spiro atoms. The van der Waals surface area contributed by atoms with Crippen molar-refractivity contribution in [2.45, 2.75) is 17.9 Å². The van der Waals surface area contributed by atoms with Crippen LogP contribution in [0.25, 0.3) is 0 Å². The standard InChI is InChI=1S/C12H17N3O3S/c1-19(17,18)11-5-4-10(8-14-11)15-12(16)9-3-2-6-13-7-9/h4-5,8-9,13H,2-3,6-7H2,1H3,(H,15,16)/t9-/m1/s1. The molecule has 1 atom stereocenters.